The highest BCUT2D eigenvalue weighted by Gasteiger charge is 2.29. The second-order valence-electron chi connectivity index (χ2n) is 5.83. The molecule has 1 aromatic carbocycles. The SMILES string of the molecule is O=C(CCCSc1ccccc1)NCC1(O)CCCCC1. The third-order valence-electron chi connectivity index (χ3n) is 3.96. The Morgan fingerprint density at radius 2 is 1.90 bits per heavy atom. The van der Waals surface area contributed by atoms with E-state index < -0.39 is 5.60 Å². The number of rotatable bonds is 7. The smallest absolute Gasteiger partial charge is 0.220 e. The quantitative estimate of drug-likeness (QED) is 0.600. The van der Waals surface area contributed by atoms with Gasteiger partial charge in [-0.2, -0.15) is 0 Å². The highest BCUT2D eigenvalue weighted by molar-refractivity contribution is 7.99. The zero-order chi connectivity index (χ0) is 15.0. The first-order valence-corrected chi connectivity index (χ1v) is 8.83. The second kappa shape index (κ2) is 8.44. The summed E-state index contributed by atoms with van der Waals surface area (Å²) >= 11 is 1.78. The van der Waals surface area contributed by atoms with Gasteiger partial charge in [-0.1, -0.05) is 37.5 Å². The Hall–Kier alpha value is -1.00. The van der Waals surface area contributed by atoms with Crippen LogP contribution in [-0.4, -0.2) is 28.9 Å². The summed E-state index contributed by atoms with van der Waals surface area (Å²) < 4.78 is 0. The standard InChI is InChI=1S/C17H25NO2S/c19-16(18-14-17(20)11-5-2-6-12-17)10-7-13-21-15-8-3-1-4-9-15/h1,3-4,8-9,20H,2,5-7,10-14H2,(H,18,19). The van der Waals surface area contributed by atoms with Gasteiger partial charge in [0.25, 0.3) is 0 Å². The van der Waals surface area contributed by atoms with Crippen LogP contribution in [0.5, 0.6) is 0 Å². The van der Waals surface area contributed by atoms with Gasteiger partial charge in [0.05, 0.1) is 5.60 Å². The molecule has 4 heteroatoms. The van der Waals surface area contributed by atoms with Crippen molar-refractivity contribution >= 4 is 17.7 Å². The third-order valence-corrected chi connectivity index (χ3v) is 5.06. The fourth-order valence-corrected chi connectivity index (χ4v) is 3.55. The zero-order valence-electron chi connectivity index (χ0n) is 12.5. The number of carbonyl (C=O) groups is 1. The molecule has 116 valence electrons. The molecule has 0 bridgehead atoms. The molecule has 0 aliphatic heterocycles. The van der Waals surface area contributed by atoms with Crippen LogP contribution in [0.2, 0.25) is 0 Å². The molecule has 1 aliphatic rings. The van der Waals surface area contributed by atoms with E-state index >= 15 is 0 Å². The van der Waals surface area contributed by atoms with Gasteiger partial charge in [0.2, 0.25) is 5.91 Å². The lowest BCUT2D eigenvalue weighted by Gasteiger charge is -2.32. The van der Waals surface area contributed by atoms with Crippen LogP contribution in [0, 0.1) is 0 Å². The van der Waals surface area contributed by atoms with E-state index in [0.717, 1.165) is 37.9 Å². The fraction of sp³-hybridized carbons (Fsp3) is 0.588. The Kier molecular flexibility index (Phi) is 6.58. The number of carbonyl (C=O) groups excluding carboxylic acids is 1. The molecule has 2 N–H and O–H groups in total. The van der Waals surface area contributed by atoms with Gasteiger partial charge in [-0.3, -0.25) is 4.79 Å². The molecule has 0 spiro atoms. The van der Waals surface area contributed by atoms with Crippen LogP contribution in [0.3, 0.4) is 0 Å². The molecular formula is C17H25NO2S. The Bertz CT molecular complexity index is 430. The van der Waals surface area contributed by atoms with Gasteiger partial charge in [-0.05, 0) is 37.1 Å². The minimum Gasteiger partial charge on any atom is -0.388 e. The number of aliphatic hydroxyl groups is 1. The van der Waals surface area contributed by atoms with Gasteiger partial charge < -0.3 is 10.4 Å². The van der Waals surface area contributed by atoms with Crippen LogP contribution in [0.4, 0.5) is 0 Å². The van der Waals surface area contributed by atoms with E-state index in [1.54, 1.807) is 11.8 Å². The van der Waals surface area contributed by atoms with Gasteiger partial charge in [-0.15, -0.1) is 11.8 Å². The number of amides is 1. The predicted octanol–water partition coefficient (Wildman–Crippen LogP) is 3.37. The molecular weight excluding hydrogens is 282 g/mol. The zero-order valence-corrected chi connectivity index (χ0v) is 13.3. The molecule has 1 saturated carbocycles. The van der Waals surface area contributed by atoms with Crippen molar-refractivity contribution in [2.24, 2.45) is 0 Å². The summed E-state index contributed by atoms with van der Waals surface area (Å²) in [7, 11) is 0. The summed E-state index contributed by atoms with van der Waals surface area (Å²) in [5, 5.41) is 13.2. The minimum atomic E-state index is -0.660. The predicted molar refractivity (Wildman–Crippen MR) is 87.4 cm³/mol. The van der Waals surface area contributed by atoms with Crippen LogP contribution in [0.15, 0.2) is 35.2 Å². The molecule has 1 fully saturated rings. The molecule has 0 saturated heterocycles. The summed E-state index contributed by atoms with van der Waals surface area (Å²) in [6.45, 7) is 0.414. The van der Waals surface area contributed by atoms with Crippen molar-refractivity contribution in [2.45, 2.75) is 55.4 Å². The van der Waals surface area contributed by atoms with E-state index in [1.165, 1.54) is 11.3 Å². The van der Waals surface area contributed by atoms with E-state index in [2.05, 4.69) is 17.4 Å². The van der Waals surface area contributed by atoms with Crippen LogP contribution >= 0.6 is 11.8 Å². The highest BCUT2D eigenvalue weighted by Crippen LogP contribution is 2.27. The molecule has 1 aliphatic carbocycles. The van der Waals surface area contributed by atoms with Crippen LogP contribution in [-0.2, 0) is 4.79 Å². The van der Waals surface area contributed by atoms with Crippen LogP contribution in [0.1, 0.15) is 44.9 Å². The first-order chi connectivity index (χ1) is 10.2. The molecule has 1 aromatic rings. The van der Waals surface area contributed by atoms with Crippen molar-refractivity contribution in [3.05, 3.63) is 30.3 Å². The van der Waals surface area contributed by atoms with Crippen molar-refractivity contribution in [3.63, 3.8) is 0 Å². The molecule has 0 atom stereocenters. The monoisotopic (exact) mass is 307 g/mol. The molecule has 21 heavy (non-hydrogen) atoms. The largest absolute Gasteiger partial charge is 0.388 e. The van der Waals surface area contributed by atoms with Gasteiger partial charge in [0, 0.05) is 17.9 Å². The molecule has 2 rings (SSSR count). The lowest BCUT2D eigenvalue weighted by molar-refractivity contribution is -0.122. The Balaban J connectivity index is 1.57. The van der Waals surface area contributed by atoms with Crippen LogP contribution < -0.4 is 5.32 Å². The number of hydrogen-bond donors (Lipinski definition) is 2. The molecule has 0 aromatic heterocycles. The maximum absolute atomic E-state index is 11.8. The molecule has 1 amide bonds. The Morgan fingerprint density at radius 1 is 1.19 bits per heavy atom. The number of hydrogen-bond acceptors (Lipinski definition) is 3. The summed E-state index contributed by atoms with van der Waals surface area (Å²) in [5.41, 5.74) is -0.660. The van der Waals surface area contributed by atoms with E-state index in [4.69, 9.17) is 0 Å². The maximum atomic E-state index is 11.8. The van der Waals surface area contributed by atoms with Crippen molar-refractivity contribution in [1.82, 2.24) is 5.32 Å². The van der Waals surface area contributed by atoms with E-state index in [-0.39, 0.29) is 5.91 Å². The first-order valence-electron chi connectivity index (χ1n) is 7.85. The molecule has 3 nitrogen and oxygen atoms in total. The van der Waals surface area contributed by atoms with Crippen molar-refractivity contribution in [3.8, 4) is 0 Å². The summed E-state index contributed by atoms with van der Waals surface area (Å²) in [6.07, 6.45) is 6.38. The fourth-order valence-electron chi connectivity index (χ4n) is 2.68. The minimum absolute atomic E-state index is 0.0580. The summed E-state index contributed by atoms with van der Waals surface area (Å²) in [4.78, 5) is 13.1. The number of thioether (sulfide) groups is 1. The third kappa shape index (κ3) is 6.10. The normalized spacial score (nSPS) is 17.4. The maximum Gasteiger partial charge on any atom is 0.220 e. The Labute approximate surface area is 131 Å². The van der Waals surface area contributed by atoms with Gasteiger partial charge in [0.15, 0.2) is 0 Å². The topological polar surface area (TPSA) is 49.3 Å². The lowest BCUT2D eigenvalue weighted by atomic mass is 9.85. The van der Waals surface area contributed by atoms with Gasteiger partial charge in [-0.25, -0.2) is 0 Å². The van der Waals surface area contributed by atoms with E-state index in [9.17, 15) is 9.90 Å². The summed E-state index contributed by atoms with van der Waals surface area (Å²) in [6, 6.07) is 10.2. The van der Waals surface area contributed by atoms with E-state index in [1.807, 2.05) is 18.2 Å². The van der Waals surface area contributed by atoms with Gasteiger partial charge in [0.1, 0.15) is 0 Å². The Morgan fingerprint density at radius 3 is 2.62 bits per heavy atom. The average molecular weight is 307 g/mol. The summed E-state index contributed by atoms with van der Waals surface area (Å²) in [5.74, 6) is 1.00. The van der Waals surface area contributed by atoms with Crippen LogP contribution in [0.25, 0.3) is 0 Å². The van der Waals surface area contributed by atoms with Gasteiger partial charge >= 0.3 is 0 Å². The average Bonchev–Trinajstić information content (AvgIpc) is 2.51. The highest BCUT2D eigenvalue weighted by atomic mass is 32.2. The van der Waals surface area contributed by atoms with Crippen molar-refractivity contribution in [1.29, 1.82) is 0 Å². The second-order valence-corrected chi connectivity index (χ2v) is 7.00. The van der Waals surface area contributed by atoms with Crippen molar-refractivity contribution in [2.75, 3.05) is 12.3 Å². The van der Waals surface area contributed by atoms with Crippen molar-refractivity contribution < 1.29 is 9.90 Å². The number of benzene rings is 1. The molecule has 0 unspecified atom stereocenters. The first kappa shape index (κ1) is 16.4. The molecule has 0 radical (unpaired) electrons. The number of nitrogens with one attached hydrogen (secondary N) is 1. The van der Waals surface area contributed by atoms with E-state index in [0.29, 0.717) is 13.0 Å². The lowest BCUT2D eigenvalue weighted by Crippen LogP contribution is -2.44. The molecule has 0 heterocycles.